The predicted molar refractivity (Wildman–Crippen MR) is 91.6 cm³/mol. The number of nitrogens with zero attached hydrogens (tertiary/aromatic N) is 3. The summed E-state index contributed by atoms with van der Waals surface area (Å²) in [6, 6.07) is 0.185. The number of hydrogen-bond donors (Lipinski definition) is 2. The van der Waals surface area contributed by atoms with Gasteiger partial charge in [0.05, 0.1) is 0 Å². The van der Waals surface area contributed by atoms with Gasteiger partial charge >= 0.3 is 0 Å². The molecule has 1 aromatic heterocycles. The summed E-state index contributed by atoms with van der Waals surface area (Å²) in [7, 11) is 0. The van der Waals surface area contributed by atoms with E-state index in [0.717, 1.165) is 31.5 Å². The van der Waals surface area contributed by atoms with Crippen molar-refractivity contribution in [2.24, 2.45) is 11.7 Å². The van der Waals surface area contributed by atoms with Gasteiger partial charge in [-0.25, -0.2) is 0 Å². The molecule has 1 aliphatic carbocycles. The third-order valence-corrected chi connectivity index (χ3v) is 3.90. The zero-order chi connectivity index (χ0) is 14.5. The van der Waals surface area contributed by atoms with Gasteiger partial charge < -0.3 is 15.6 Å². The van der Waals surface area contributed by atoms with E-state index in [1.54, 1.807) is 6.33 Å². The molecular weight excluding hydrogens is 325 g/mol. The summed E-state index contributed by atoms with van der Waals surface area (Å²) < 4.78 is 2.00. The minimum absolute atomic E-state index is 0. The Kier molecular flexibility index (Phi) is 9.64. The minimum atomic E-state index is 0. The van der Waals surface area contributed by atoms with Crippen molar-refractivity contribution in [3.8, 4) is 0 Å². The number of halogens is 2. The standard InChI is InChI=1S/C14H25N5O.2ClH/c1-10(2)13-18-17-9-19(13)7-6-16-14(20)11-4-3-5-12(15)8-11;;/h9-12H,3-8,15H2,1-2H3,(H,16,20);2*1H. The highest BCUT2D eigenvalue weighted by molar-refractivity contribution is 5.85. The van der Waals surface area contributed by atoms with Crippen molar-refractivity contribution < 1.29 is 4.79 Å². The number of nitrogens with one attached hydrogen (secondary N) is 1. The van der Waals surface area contributed by atoms with E-state index < -0.39 is 0 Å². The Hall–Kier alpha value is -0.850. The second kappa shape index (κ2) is 10.0. The van der Waals surface area contributed by atoms with Gasteiger partial charge in [0.1, 0.15) is 12.2 Å². The van der Waals surface area contributed by atoms with Crippen LogP contribution in [0.25, 0.3) is 0 Å². The zero-order valence-corrected chi connectivity index (χ0v) is 14.8. The summed E-state index contributed by atoms with van der Waals surface area (Å²) in [6.07, 6.45) is 5.60. The maximum Gasteiger partial charge on any atom is 0.223 e. The second-order valence-corrected chi connectivity index (χ2v) is 5.95. The molecule has 1 saturated carbocycles. The van der Waals surface area contributed by atoms with Gasteiger partial charge in [0.2, 0.25) is 5.91 Å². The fourth-order valence-electron chi connectivity index (χ4n) is 2.79. The monoisotopic (exact) mass is 351 g/mol. The van der Waals surface area contributed by atoms with Crippen molar-refractivity contribution in [2.75, 3.05) is 6.54 Å². The van der Waals surface area contributed by atoms with Crippen molar-refractivity contribution in [1.82, 2.24) is 20.1 Å². The van der Waals surface area contributed by atoms with E-state index in [4.69, 9.17) is 5.73 Å². The summed E-state index contributed by atoms with van der Waals surface area (Å²) in [5.41, 5.74) is 5.92. The van der Waals surface area contributed by atoms with E-state index in [9.17, 15) is 4.79 Å². The van der Waals surface area contributed by atoms with Crippen LogP contribution in [0.5, 0.6) is 0 Å². The van der Waals surface area contributed by atoms with E-state index >= 15 is 0 Å². The predicted octanol–water partition coefficient (Wildman–Crippen LogP) is 1.88. The van der Waals surface area contributed by atoms with Gasteiger partial charge in [-0.2, -0.15) is 0 Å². The van der Waals surface area contributed by atoms with Crippen molar-refractivity contribution >= 4 is 30.7 Å². The molecule has 0 aliphatic heterocycles. The van der Waals surface area contributed by atoms with Crippen LogP contribution in [0.1, 0.15) is 51.3 Å². The van der Waals surface area contributed by atoms with Gasteiger partial charge in [-0.15, -0.1) is 35.0 Å². The Morgan fingerprint density at radius 2 is 2.18 bits per heavy atom. The molecule has 0 saturated heterocycles. The number of rotatable bonds is 5. The molecule has 8 heteroatoms. The number of nitrogens with two attached hydrogens (primary N) is 1. The van der Waals surface area contributed by atoms with Crippen LogP contribution < -0.4 is 11.1 Å². The Morgan fingerprint density at radius 1 is 1.45 bits per heavy atom. The van der Waals surface area contributed by atoms with Crippen LogP contribution in [0.2, 0.25) is 0 Å². The lowest BCUT2D eigenvalue weighted by atomic mass is 9.85. The van der Waals surface area contributed by atoms with Gasteiger partial charge in [-0.1, -0.05) is 20.3 Å². The number of amides is 1. The molecule has 1 aromatic rings. The first kappa shape index (κ1) is 21.1. The molecule has 6 nitrogen and oxygen atoms in total. The van der Waals surface area contributed by atoms with Crippen LogP contribution in [-0.4, -0.2) is 33.3 Å². The highest BCUT2D eigenvalue weighted by Crippen LogP contribution is 2.23. The highest BCUT2D eigenvalue weighted by Gasteiger charge is 2.24. The zero-order valence-electron chi connectivity index (χ0n) is 13.2. The van der Waals surface area contributed by atoms with Crippen molar-refractivity contribution in [2.45, 2.75) is 58.0 Å². The molecule has 0 aromatic carbocycles. The summed E-state index contributed by atoms with van der Waals surface area (Å²) in [6.45, 7) is 5.50. The van der Waals surface area contributed by atoms with Gasteiger partial charge in [-0.3, -0.25) is 4.79 Å². The van der Waals surface area contributed by atoms with E-state index in [0.29, 0.717) is 19.0 Å². The highest BCUT2D eigenvalue weighted by atomic mass is 35.5. The molecule has 1 aliphatic rings. The van der Waals surface area contributed by atoms with E-state index in [1.165, 1.54) is 0 Å². The molecule has 1 fully saturated rings. The van der Waals surface area contributed by atoms with Crippen molar-refractivity contribution in [3.63, 3.8) is 0 Å². The third kappa shape index (κ3) is 5.74. The normalized spacial score (nSPS) is 20.9. The number of carbonyl (C=O) groups excluding carboxylic acids is 1. The molecule has 128 valence electrons. The van der Waals surface area contributed by atoms with Crippen molar-refractivity contribution in [1.29, 1.82) is 0 Å². The summed E-state index contributed by atoms with van der Waals surface area (Å²) >= 11 is 0. The number of aromatic nitrogens is 3. The molecule has 0 spiro atoms. The molecule has 1 amide bonds. The molecule has 3 N–H and O–H groups in total. The minimum Gasteiger partial charge on any atom is -0.354 e. The maximum atomic E-state index is 12.1. The lowest BCUT2D eigenvalue weighted by Crippen LogP contribution is -2.38. The van der Waals surface area contributed by atoms with Gasteiger partial charge in [0.15, 0.2) is 0 Å². The maximum absolute atomic E-state index is 12.1. The number of hydrogen-bond acceptors (Lipinski definition) is 4. The van der Waals surface area contributed by atoms with Crippen LogP contribution in [0.3, 0.4) is 0 Å². The Balaban J connectivity index is 0.00000220. The van der Waals surface area contributed by atoms with Crippen LogP contribution >= 0.6 is 24.8 Å². The lowest BCUT2D eigenvalue weighted by Gasteiger charge is -2.25. The topological polar surface area (TPSA) is 85.8 Å². The summed E-state index contributed by atoms with van der Waals surface area (Å²) in [5, 5.41) is 11.0. The van der Waals surface area contributed by atoms with Gasteiger partial charge in [0, 0.05) is 31.0 Å². The average molecular weight is 352 g/mol. The first-order chi connectivity index (χ1) is 9.58. The Bertz CT molecular complexity index is 452. The molecule has 22 heavy (non-hydrogen) atoms. The quantitative estimate of drug-likeness (QED) is 0.847. The van der Waals surface area contributed by atoms with Gasteiger partial charge in [0.25, 0.3) is 0 Å². The van der Waals surface area contributed by atoms with Crippen molar-refractivity contribution in [3.05, 3.63) is 12.2 Å². The average Bonchev–Trinajstić information content (AvgIpc) is 2.87. The van der Waals surface area contributed by atoms with E-state index in [-0.39, 0.29) is 42.7 Å². The molecule has 1 heterocycles. The van der Waals surface area contributed by atoms with Crippen LogP contribution in [-0.2, 0) is 11.3 Å². The lowest BCUT2D eigenvalue weighted by molar-refractivity contribution is -0.126. The van der Waals surface area contributed by atoms with Crippen LogP contribution in [0, 0.1) is 5.92 Å². The molecule has 2 atom stereocenters. The first-order valence-electron chi connectivity index (χ1n) is 7.49. The third-order valence-electron chi connectivity index (χ3n) is 3.90. The first-order valence-corrected chi connectivity index (χ1v) is 7.49. The molecule has 0 radical (unpaired) electrons. The number of carbonyl (C=O) groups is 1. The Labute approximate surface area is 144 Å². The van der Waals surface area contributed by atoms with Gasteiger partial charge in [-0.05, 0) is 19.3 Å². The van der Waals surface area contributed by atoms with E-state index in [2.05, 4.69) is 29.4 Å². The summed E-state index contributed by atoms with van der Waals surface area (Å²) in [5.74, 6) is 1.52. The smallest absolute Gasteiger partial charge is 0.223 e. The summed E-state index contributed by atoms with van der Waals surface area (Å²) in [4.78, 5) is 12.1. The van der Waals surface area contributed by atoms with E-state index in [1.807, 2.05) is 4.57 Å². The molecule has 2 rings (SSSR count). The second-order valence-electron chi connectivity index (χ2n) is 5.95. The molecule has 2 unspecified atom stereocenters. The molecular formula is C14H27Cl2N5O. The molecule has 0 bridgehead atoms. The fourth-order valence-corrected chi connectivity index (χ4v) is 2.79. The Morgan fingerprint density at radius 3 is 2.82 bits per heavy atom. The van der Waals surface area contributed by atoms with Crippen LogP contribution in [0.4, 0.5) is 0 Å². The fraction of sp³-hybridized carbons (Fsp3) is 0.786. The largest absolute Gasteiger partial charge is 0.354 e. The SMILES string of the molecule is CC(C)c1nncn1CCNC(=O)C1CCCC(N)C1.Cl.Cl. The van der Waals surface area contributed by atoms with Crippen LogP contribution in [0.15, 0.2) is 6.33 Å².